The van der Waals surface area contributed by atoms with Crippen LogP contribution in [0.2, 0.25) is 0 Å². The zero-order valence-electron chi connectivity index (χ0n) is 13.4. The van der Waals surface area contributed by atoms with Crippen molar-refractivity contribution < 1.29 is 23.9 Å². The molecule has 0 N–H and O–H groups in total. The Morgan fingerprint density at radius 2 is 1.70 bits per heavy atom. The molecule has 0 saturated carbocycles. The molecule has 0 fully saturated rings. The normalized spacial score (nSPS) is 15.8. The van der Waals surface area contributed by atoms with Crippen LogP contribution in [0, 0.1) is 0 Å². The van der Waals surface area contributed by atoms with Crippen molar-refractivity contribution in [3.63, 3.8) is 0 Å². The summed E-state index contributed by atoms with van der Waals surface area (Å²) in [4.78, 5) is 28.5. The number of carbonyl (C=O) groups is 2. The summed E-state index contributed by atoms with van der Waals surface area (Å²) in [5, 5.41) is 3.82. The number of ether oxygens (including phenoxy) is 2. The first-order chi connectivity index (χ1) is 11.0. The fraction of sp³-hybridized carbons (Fsp3) is 0.235. The van der Waals surface area contributed by atoms with Crippen molar-refractivity contribution >= 4 is 17.5 Å². The quantitative estimate of drug-likeness (QED) is 0.485. The third-order valence-electron chi connectivity index (χ3n) is 3.34. The van der Waals surface area contributed by atoms with Crippen LogP contribution in [-0.2, 0) is 9.63 Å². The molecule has 0 atom stereocenters. The first kappa shape index (κ1) is 16.5. The summed E-state index contributed by atoms with van der Waals surface area (Å²) in [7, 11) is 2.99. The lowest BCUT2D eigenvalue weighted by molar-refractivity contribution is -0.111. The van der Waals surface area contributed by atoms with Crippen LogP contribution in [0.3, 0.4) is 0 Å². The molecular formula is C17H17NO5. The Morgan fingerprint density at radius 1 is 1.00 bits per heavy atom. The minimum atomic E-state index is -0.630. The van der Waals surface area contributed by atoms with E-state index in [2.05, 4.69) is 5.16 Å². The average molecular weight is 315 g/mol. The lowest BCUT2D eigenvalue weighted by atomic mass is 9.99. The van der Waals surface area contributed by atoms with Gasteiger partial charge in [0.2, 0.25) is 0 Å². The van der Waals surface area contributed by atoms with Gasteiger partial charge in [-0.2, -0.15) is 0 Å². The first-order valence-electron chi connectivity index (χ1n) is 6.89. The van der Waals surface area contributed by atoms with E-state index in [1.165, 1.54) is 26.4 Å². The van der Waals surface area contributed by atoms with E-state index in [-0.39, 0.29) is 11.3 Å². The molecule has 0 bridgehead atoms. The summed E-state index contributed by atoms with van der Waals surface area (Å²) in [5.41, 5.74) is 1.90. The zero-order chi connectivity index (χ0) is 17.0. The molecule has 0 unspecified atom stereocenters. The Morgan fingerprint density at radius 3 is 2.35 bits per heavy atom. The topological polar surface area (TPSA) is 74.2 Å². The van der Waals surface area contributed by atoms with Crippen molar-refractivity contribution in [1.29, 1.82) is 0 Å². The van der Waals surface area contributed by atoms with E-state index in [9.17, 15) is 9.59 Å². The van der Waals surface area contributed by atoms with E-state index in [1.807, 2.05) is 0 Å². The molecule has 6 nitrogen and oxygen atoms in total. The predicted molar refractivity (Wildman–Crippen MR) is 84.9 cm³/mol. The molecular weight excluding hydrogens is 298 g/mol. The molecule has 23 heavy (non-hydrogen) atoms. The first-order valence-corrected chi connectivity index (χ1v) is 6.89. The molecule has 0 spiro atoms. The minimum absolute atomic E-state index is 0.0762. The summed E-state index contributed by atoms with van der Waals surface area (Å²) in [6.07, 6.45) is 3.04. The maximum absolute atomic E-state index is 12.1. The van der Waals surface area contributed by atoms with Crippen LogP contribution in [0.4, 0.5) is 0 Å². The average Bonchev–Trinajstić information content (AvgIpc) is 2.55. The number of nitrogens with zero attached hydrogens (tertiary/aromatic N) is 1. The number of oxime groups is 1. The third-order valence-corrected chi connectivity index (χ3v) is 3.34. The lowest BCUT2D eigenvalue weighted by Crippen LogP contribution is -2.11. The van der Waals surface area contributed by atoms with E-state index < -0.39 is 5.97 Å². The molecule has 2 rings (SSSR count). The Kier molecular flexibility index (Phi) is 4.95. The van der Waals surface area contributed by atoms with Gasteiger partial charge in [0.05, 0.1) is 19.8 Å². The van der Waals surface area contributed by atoms with Crippen molar-refractivity contribution in [2.45, 2.75) is 13.8 Å². The molecule has 1 aromatic rings. The standard InChI is InChI=1S/C17H17NO5/c1-10-8-14(19)11(2)7-13(10)18-23-17(20)12-5-6-15(21-3)16(9-12)22-4/h5-9H,1-4H3. The van der Waals surface area contributed by atoms with Crippen LogP contribution in [0.25, 0.3) is 0 Å². The van der Waals surface area contributed by atoms with Crippen LogP contribution >= 0.6 is 0 Å². The molecule has 0 amide bonds. The van der Waals surface area contributed by atoms with Gasteiger partial charge in [-0.15, -0.1) is 0 Å². The molecule has 0 radical (unpaired) electrons. The van der Waals surface area contributed by atoms with Gasteiger partial charge in [-0.3, -0.25) is 4.79 Å². The van der Waals surface area contributed by atoms with Gasteiger partial charge in [0, 0.05) is 0 Å². The molecule has 120 valence electrons. The monoisotopic (exact) mass is 315 g/mol. The van der Waals surface area contributed by atoms with Gasteiger partial charge in [0.25, 0.3) is 0 Å². The van der Waals surface area contributed by atoms with Crippen LogP contribution in [0.5, 0.6) is 11.5 Å². The summed E-state index contributed by atoms with van der Waals surface area (Å²) in [5.74, 6) is 0.227. The Balaban J connectivity index is 2.18. The van der Waals surface area contributed by atoms with Gasteiger partial charge in [0.15, 0.2) is 17.3 Å². The second kappa shape index (κ2) is 6.91. The van der Waals surface area contributed by atoms with Gasteiger partial charge in [0.1, 0.15) is 5.71 Å². The van der Waals surface area contributed by atoms with Gasteiger partial charge in [-0.25, -0.2) is 4.79 Å². The second-order valence-electron chi connectivity index (χ2n) is 4.94. The highest BCUT2D eigenvalue weighted by molar-refractivity contribution is 6.21. The minimum Gasteiger partial charge on any atom is -0.493 e. The van der Waals surface area contributed by atoms with Crippen molar-refractivity contribution in [1.82, 2.24) is 0 Å². The van der Waals surface area contributed by atoms with E-state index in [0.717, 1.165) is 0 Å². The number of carbonyl (C=O) groups excluding carboxylic acids is 2. The maximum atomic E-state index is 12.1. The van der Waals surface area contributed by atoms with Crippen molar-refractivity contribution in [2.75, 3.05) is 14.2 Å². The third kappa shape index (κ3) is 3.66. The smallest absolute Gasteiger partial charge is 0.365 e. The Bertz CT molecular complexity index is 743. The van der Waals surface area contributed by atoms with E-state index >= 15 is 0 Å². The molecule has 6 heteroatoms. The number of methoxy groups -OCH3 is 2. The largest absolute Gasteiger partial charge is 0.493 e. The number of allylic oxidation sites excluding steroid dienone is 4. The summed E-state index contributed by atoms with van der Waals surface area (Å²) < 4.78 is 10.2. The molecule has 0 saturated heterocycles. The number of hydrogen-bond donors (Lipinski definition) is 0. The highest BCUT2D eigenvalue weighted by Gasteiger charge is 2.15. The molecule has 0 heterocycles. The number of benzene rings is 1. The van der Waals surface area contributed by atoms with E-state index in [1.54, 1.807) is 32.1 Å². The maximum Gasteiger partial charge on any atom is 0.365 e. The van der Waals surface area contributed by atoms with Gasteiger partial charge in [-0.05, 0) is 55.3 Å². The second-order valence-corrected chi connectivity index (χ2v) is 4.94. The summed E-state index contributed by atoms with van der Waals surface area (Å²) >= 11 is 0. The Labute approximate surface area is 134 Å². The number of rotatable bonds is 4. The highest BCUT2D eigenvalue weighted by Crippen LogP contribution is 2.27. The van der Waals surface area contributed by atoms with Gasteiger partial charge in [-0.1, -0.05) is 5.16 Å². The molecule has 1 aromatic carbocycles. The highest BCUT2D eigenvalue weighted by atomic mass is 16.7. The van der Waals surface area contributed by atoms with Crippen LogP contribution in [0.1, 0.15) is 24.2 Å². The fourth-order valence-corrected chi connectivity index (χ4v) is 1.98. The molecule has 0 aromatic heterocycles. The molecule has 1 aliphatic rings. The van der Waals surface area contributed by atoms with Crippen LogP contribution in [-0.4, -0.2) is 31.7 Å². The fourth-order valence-electron chi connectivity index (χ4n) is 1.98. The number of ketones is 1. The van der Waals surface area contributed by atoms with Crippen molar-refractivity contribution in [3.05, 3.63) is 47.1 Å². The lowest BCUT2D eigenvalue weighted by Gasteiger charge is -2.10. The van der Waals surface area contributed by atoms with E-state index in [0.29, 0.717) is 28.4 Å². The van der Waals surface area contributed by atoms with Crippen molar-refractivity contribution in [3.8, 4) is 11.5 Å². The Hall–Kier alpha value is -2.89. The molecule has 0 aliphatic heterocycles. The molecule has 1 aliphatic carbocycles. The van der Waals surface area contributed by atoms with Crippen LogP contribution < -0.4 is 9.47 Å². The van der Waals surface area contributed by atoms with Gasteiger partial charge >= 0.3 is 5.97 Å². The van der Waals surface area contributed by atoms with Gasteiger partial charge < -0.3 is 14.3 Å². The number of hydrogen-bond acceptors (Lipinski definition) is 6. The van der Waals surface area contributed by atoms with Crippen LogP contribution in [0.15, 0.2) is 46.7 Å². The SMILES string of the molecule is COc1ccc(C(=O)ON=C2C=C(C)C(=O)C=C2C)cc1OC. The summed E-state index contributed by atoms with van der Waals surface area (Å²) in [6, 6.07) is 4.67. The predicted octanol–water partition coefficient (Wildman–Crippen LogP) is 2.69. The van der Waals surface area contributed by atoms with Crippen molar-refractivity contribution in [2.24, 2.45) is 5.16 Å². The summed E-state index contributed by atoms with van der Waals surface area (Å²) in [6.45, 7) is 3.40. The van der Waals surface area contributed by atoms with E-state index in [4.69, 9.17) is 14.3 Å². The zero-order valence-corrected chi connectivity index (χ0v) is 13.4.